The lowest BCUT2D eigenvalue weighted by Crippen LogP contribution is -2.28. The number of hydrazine groups is 1. The van der Waals surface area contributed by atoms with Gasteiger partial charge in [-0.05, 0) is 40.0 Å². The summed E-state index contributed by atoms with van der Waals surface area (Å²) in [7, 11) is 0. The number of nitrogens with one attached hydrogen (secondary N) is 1. The van der Waals surface area contributed by atoms with E-state index >= 15 is 0 Å². The Labute approximate surface area is 105 Å². The lowest BCUT2D eigenvalue weighted by Gasteiger charge is -2.16. The molecule has 0 aliphatic carbocycles. The number of benzene rings is 1. The number of hydrogen-bond acceptors (Lipinski definition) is 2. The molecule has 2 nitrogen and oxygen atoms in total. The zero-order valence-electron chi connectivity index (χ0n) is 9.47. The average molecular weight is 289 g/mol. The second-order valence-corrected chi connectivity index (χ2v) is 4.74. The minimum atomic E-state index is -0.243. The van der Waals surface area contributed by atoms with Gasteiger partial charge in [-0.2, -0.15) is 0 Å². The number of unbranched alkanes of at least 4 members (excludes halogenated alkanes) is 2. The molecule has 0 radical (unpaired) electrons. The van der Waals surface area contributed by atoms with Gasteiger partial charge in [-0.3, -0.25) is 11.3 Å². The third-order valence-corrected chi connectivity index (χ3v) is 3.25. The monoisotopic (exact) mass is 288 g/mol. The van der Waals surface area contributed by atoms with Gasteiger partial charge in [0.05, 0.1) is 4.47 Å². The molecule has 1 aromatic carbocycles. The van der Waals surface area contributed by atoms with Crippen LogP contribution in [0.1, 0.15) is 44.2 Å². The molecule has 0 amide bonds. The molecule has 16 heavy (non-hydrogen) atoms. The third-order valence-electron chi connectivity index (χ3n) is 2.64. The fourth-order valence-corrected chi connectivity index (χ4v) is 2.07. The van der Waals surface area contributed by atoms with Crippen LogP contribution in [-0.2, 0) is 0 Å². The number of hydrogen-bond donors (Lipinski definition) is 2. The molecule has 0 saturated carbocycles. The van der Waals surface area contributed by atoms with E-state index < -0.39 is 0 Å². The zero-order chi connectivity index (χ0) is 12.0. The second kappa shape index (κ2) is 6.99. The van der Waals surface area contributed by atoms with Gasteiger partial charge in [0, 0.05) is 6.04 Å². The maximum absolute atomic E-state index is 13.1. The standard InChI is InChI=1S/C12H18BrFN2/c1-2-3-4-5-12(16-15)9-6-7-11(14)10(13)8-9/h6-8,12,16H,2-5,15H2,1H3. The van der Waals surface area contributed by atoms with E-state index in [2.05, 4.69) is 28.3 Å². The van der Waals surface area contributed by atoms with Crippen LogP contribution in [0.4, 0.5) is 4.39 Å². The van der Waals surface area contributed by atoms with E-state index in [0.29, 0.717) is 4.47 Å². The molecule has 1 unspecified atom stereocenters. The highest BCUT2D eigenvalue weighted by Crippen LogP contribution is 2.24. The Morgan fingerprint density at radius 3 is 2.75 bits per heavy atom. The van der Waals surface area contributed by atoms with E-state index in [9.17, 15) is 4.39 Å². The van der Waals surface area contributed by atoms with Crippen molar-refractivity contribution in [3.05, 3.63) is 34.1 Å². The van der Waals surface area contributed by atoms with E-state index in [1.807, 2.05) is 0 Å². The maximum atomic E-state index is 13.1. The van der Waals surface area contributed by atoms with Crippen LogP contribution in [0.25, 0.3) is 0 Å². The highest BCUT2D eigenvalue weighted by atomic mass is 79.9. The van der Waals surface area contributed by atoms with Crippen molar-refractivity contribution in [1.82, 2.24) is 5.43 Å². The van der Waals surface area contributed by atoms with Crippen LogP contribution < -0.4 is 11.3 Å². The summed E-state index contributed by atoms with van der Waals surface area (Å²) in [6.07, 6.45) is 4.48. The molecule has 0 aliphatic rings. The van der Waals surface area contributed by atoms with Crippen LogP contribution in [0.15, 0.2) is 22.7 Å². The Kier molecular flexibility index (Phi) is 5.95. The predicted octanol–water partition coefficient (Wildman–Crippen LogP) is 3.67. The summed E-state index contributed by atoms with van der Waals surface area (Å²) in [6.45, 7) is 2.17. The van der Waals surface area contributed by atoms with Crippen LogP contribution >= 0.6 is 15.9 Å². The molecule has 0 aliphatic heterocycles. The molecule has 0 heterocycles. The van der Waals surface area contributed by atoms with Gasteiger partial charge < -0.3 is 0 Å². The molecule has 1 aromatic rings. The molecule has 3 N–H and O–H groups in total. The summed E-state index contributed by atoms with van der Waals surface area (Å²) in [6, 6.07) is 5.12. The molecule has 4 heteroatoms. The van der Waals surface area contributed by atoms with Crippen molar-refractivity contribution in [2.45, 2.75) is 38.6 Å². The number of halogens is 2. The summed E-state index contributed by atoms with van der Waals surface area (Å²) < 4.78 is 13.6. The van der Waals surface area contributed by atoms with E-state index in [1.54, 1.807) is 12.1 Å². The van der Waals surface area contributed by atoms with Crippen molar-refractivity contribution in [1.29, 1.82) is 0 Å². The Bertz CT molecular complexity index is 331. The third kappa shape index (κ3) is 3.85. The SMILES string of the molecule is CCCCCC(NN)c1ccc(F)c(Br)c1. The lowest BCUT2D eigenvalue weighted by atomic mass is 10.0. The van der Waals surface area contributed by atoms with E-state index in [-0.39, 0.29) is 11.9 Å². The smallest absolute Gasteiger partial charge is 0.137 e. The fraction of sp³-hybridized carbons (Fsp3) is 0.500. The van der Waals surface area contributed by atoms with Crippen molar-refractivity contribution < 1.29 is 4.39 Å². The first kappa shape index (κ1) is 13.6. The normalized spacial score (nSPS) is 12.8. The van der Waals surface area contributed by atoms with E-state index in [0.717, 1.165) is 18.4 Å². The number of nitrogens with two attached hydrogens (primary N) is 1. The summed E-state index contributed by atoms with van der Waals surface area (Å²) in [5, 5.41) is 0. The Morgan fingerprint density at radius 1 is 1.44 bits per heavy atom. The highest BCUT2D eigenvalue weighted by molar-refractivity contribution is 9.10. The molecule has 0 fully saturated rings. The molecule has 1 atom stereocenters. The van der Waals surface area contributed by atoms with Crippen LogP contribution in [0.5, 0.6) is 0 Å². The molecular formula is C12H18BrFN2. The van der Waals surface area contributed by atoms with Gasteiger partial charge in [-0.1, -0.05) is 32.3 Å². The lowest BCUT2D eigenvalue weighted by molar-refractivity contribution is 0.485. The van der Waals surface area contributed by atoms with Crippen molar-refractivity contribution in [2.24, 2.45) is 5.84 Å². The Balaban J connectivity index is 2.67. The van der Waals surface area contributed by atoms with Gasteiger partial charge in [0.1, 0.15) is 5.82 Å². The Morgan fingerprint density at radius 2 is 2.19 bits per heavy atom. The Hall–Kier alpha value is -0.450. The largest absolute Gasteiger partial charge is 0.271 e. The van der Waals surface area contributed by atoms with Gasteiger partial charge in [-0.15, -0.1) is 0 Å². The van der Waals surface area contributed by atoms with Crippen LogP contribution in [0.2, 0.25) is 0 Å². The predicted molar refractivity (Wildman–Crippen MR) is 68.3 cm³/mol. The minimum Gasteiger partial charge on any atom is -0.271 e. The summed E-state index contributed by atoms with van der Waals surface area (Å²) in [5.41, 5.74) is 3.80. The molecular weight excluding hydrogens is 271 g/mol. The molecule has 0 saturated heterocycles. The molecule has 0 spiro atoms. The zero-order valence-corrected chi connectivity index (χ0v) is 11.1. The van der Waals surface area contributed by atoms with E-state index in [1.165, 1.54) is 18.9 Å². The molecule has 90 valence electrons. The van der Waals surface area contributed by atoms with Crippen molar-refractivity contribution in [3.8, 4) is 0 Å². The molecule has 0 bridgehead atoms. The first-order chi connectivity index (χ1) is 7.69. The quantitative estimate of drug-likeness (QED) is 0.476. The van der Waals surface area contributed by atoms with E-state index in [4.69, 9.17) is 5.84 Å². The molecule has 1 rings (SSSR count). The first-order valence-corrected chi connectivity index (χ1v) is 6.39. The average Bonchev–Trinajstić information content (AvgIpc) is 2.29. The van der Waals surface area contributed by atoms with Gasteiger partial charge in [0.25, 0.3) is 0 Å². The van der Waals surface area contributed by atoms with Crippen molar-refractivity contribution in [3.63, 3.8) is 0 Å². The summed E-state index contributed by atoms with van der Waals surface area (Å²) in [4.78, 5) is 0. The maximum Gasteiger partial charge on any atom is 0.137 e. The van der Waals surface area contributed by atoms with Gasteiger partial charge >= 0.3 is 0 Å². The van der Waals surface area contributed by atoms with Crippen LogP contribution in [0, 0.1) is 5.82 Å². The molecule has 0 aromatic heterocycles. The van der Waals surface area contributed by atoms with Gasteiger partial charge in [-0.25, -0.2) is 4.39 Å². The van der Waals surface area contributed by atoms with Gasteiger partial charge in [0.15, 0.2) is 0 Å². The second-order valence-electron chi connectivity index (χ2n) is 3.89. The van der Waals surface area contributed by atoms with Gasteiger partial charge in [0.2, 0.25) is 0 Å². The first-order valence-electron chi connectivity index (χ1n) is 5.60. The van der Waals surface area contributed by atoms with Crippen molar-refractivity contribution in [2.75, 3.05) is 0 Å². The topological polar surface area (TPSA) is 38.0 Å². The minimum absolute atomic E-state index is 0.100. The fourth-order valence-electron chi connectivity index (χ4n) is 1.67. The highest BCUT2D eigenvalue weighted by Gasteiger charge is 2.10. The van der Waals surface area contributed by atoms with Crippen LogP contribution in [0.3, 0.4) is 0 Å². The summed E-state index contributed by atoms with van der Waals surface area (Å²) in [5.74, 6) is 5.27. The number of rotatable bonds is 6. The van der Waals surface area contributed by atoms with Crippen LogP contribution in [-0.4, -0.2) is 0 Å². The van der Waals surface area contributed by atoms with Crippen molar-refractivity contribution >= 4 is 15.9 Å². The summed E-state index contributed by atoms with van der Waals surface area (Å²) >= 11 is 3.18.